The molecular formula is C15H26F3N3O3Si. The Morgan fingerprint density at radius 1 is 1.40 bits per heavy atom. The molecule has 0 bridgehead atoms. The number of nitrogens with one attached hydrogen (secondary N) is 1. The third kappa shape index (κ3) is 6.79. The Hall–Kier alpha value is -1.39. The fourth-order valence-corrected chi connectivity index (χ4v) is 2.75. The first kappa shape index (κ1) is 21.6. The van der Waals surface area contributed by atoms with Crippen molar-refractivity contribution in [2.24, 2.45) is 0 Å². The molecule has 1 atom stereocenters. The summed E-state index contributed by atoms with van der Waals surface area (Å²) in [7, 11) is -1.33. The number of nitrogens with zero attached hydrogens (tertiary/aromatic N) is 2. The lowest BCUT2D eigenvalue weighted by atomic mass is 10.2. The van der Waals surface area contributed by atoms with E-state index in [1.807, 2.05) is 0 Å². The van der Waals surface area contributed by atoms with Gasteiger partial charge in [0.15, 0.2) is 0 Å². The summed E-state index contributed by atoms with van der Waals surface area (Å²) in [4.78, 5) is 12.2. The SMILES string of the molecule is CC[C@@H](CO)Nc1cnn(COCC[Si](C)(C)C)c(=O)c1C(F)(F)F. The number of halogens is 3. The molecule has 0 radical (unpaired) electrons. The zero-order chi connectivity index (χ0) is 19.3. The van der Waals surface area contributed by atoms with Crippen LogP contribution in [0, 0.1) is 0 Å². The summed E-state index contributed by atoms with van der Waals surface area (Å²) in [6.07, 6.45) is -3.49. The number of aliphatic hydroxyl groups excluding tert-OH is 1. The maximum Gasteiger partial charge on any atom is 0.423 e. The molecule has 1 heterocycles. The van der Waals surface area contributed by atoms with Crippen LogP contribution < -0.4 is 10.9 Å². The van der Waals surface area contributed by atoms with Gasteiger partial charge in [-0.3, -0.25) is 4.79 Å². The van der Waals surface area contributed by atoms with Gasteiger partial charge in [0.2, 0.25) is 0 Å². The van der Waals surface area contributed by atoms with E-state index in [9.17, 15) is 18.0 Å². The van der Waals surface area contributed by atoms with E-state index in [1.54, 1.807) is 6.92 Å². The van der Waals surface area contributed by atoms with Gasteiger partial charge in [0.1, 0.15) is 12.3 Å². The van der Waals surface area contributed by atoms with Crippen molar-refractivity contribution in [3.8, 4) is 0 Å². The van der Waals surface area contributed by atoms with Crippen LogP contribution >= 0.6 is 0 Å². The number of alkyl halides is 3. The first-order valence-corrected chi connectivity index (χ1v) is 11.8. The molecule has 6 nitrogen and oxygen atoms in total. The summed E-state index contributed by atoms with van der Waals surface area (Å²) >= 11 is 0. The third-order valence-electron chi connectivity index (χ3n) is 3.61. The monoisotopic (exact) mass is 381 g/mol. The molecule has 0 saturated carbocycles. The van der Waals surface area contributed by atoms with E-state index in [-0.39, 0.29) is 13.3 Å². The predicted molar refractivity (Wildman–Crippen MR) is 92.4 cm³/mol. The maximum atomic E-state index is 13.3. The van der Waals surface area contributed by atoms with Crippen molar-refractivity contribution >= 4 is 13.8 Å². The minimum Gasteiger partial charge on any atom is -0.394 e. The molecule has 0 saturated heterocycles. The Balaban J connectivity index is 3.02. The Bertz CT molecular complexity index is 611. The lowest BCUT2D eigenvalue weighted by Crippen LogP contribution is -2.34. The average molecular weight is 381 g/mol. The molecule has 0 aliphatic heterocycles. The molecule has 1 aromatic rings. The summed E-state index contributed by atoms with van der Waals surface area (Å²) in [5.41, 5.74) is -3.03. The van der Waals surface area contributed by atoms with Crippen molar-refractivity contribution in [3.05, 3.63) is 22.1 Å². The second kappa shape index (κ2) is 8.81. The summed E-state index contributed by atoms with van der Waals surface area (Å²) in [5.74, 6) is 0. The van der Waals surface area contributed by atoms with Gasteiger partial charge in [0.25, 0.3) is 5.56 Å². The quantitative estimate of drug-likeness (QED) is 0.508. The summed E-state index contributed by atoms with van der Waals surface area (Å²) in [6.45, 7) is 7.84. The molecule has 1 aromatic heterocycles. The van der Waals surface area contributed by atoms with E-state index in [1.165, 1.54) is 0 Å². The van der Waals surface area contributed by atoms with Crippen LogP contribution in [0.1, 0.15) is 18.9 Å². The van der Waals surface area contributed by atoms with Crippen molar-refractivity contribution in [1.82, 2.24) is 9.78 Å². The van der Waals surface area contributed by atoms with E-state index < -0.39 is 37.1 Å². The number of hydrogen-bond donors (Lipinski definition) is 2. The van der Waals surface area contributed by atoms with Crippen molar-refractivity contribution in [2.45, 2.75) is 58.0 Å². The van der Waals surface area contributed by atoms with Crippen LogP contribution in [-0.4, -0.2) is 42.2 Å². The molecule has 0 spiro atoms. The molecule has 144 valence electrons. The molecule has 0 aromatic carbocycles. The van der Waals surface area contributed by atoms with E-state index in [2.05, 4.69) is 30.1 Å². The van der Waals surface area contributed by atoms with Gasteiger partial charge < -0.3 is 15.2 Å². The highest BCUT2D eigenvalue weighted by Gasteiger charge is 2.38. The van der Waals surface area contributed by atoms with Gasteiger partial charge in [-0.05, 0) is 12.5 Å². The lowest BCUT2D eigenvalue weighted by molar-refractivity contribution is -0.138. The number of aromatic nitrogens is 2. The number of aliphatic hydroxyl groups is 1. The second-order valence-electron chi connectivity index (χ2n) is 7.02. The molecule has 10 heteroatoms. The minimum absolute atomic E-state index is 0.329. The van der Waals surface area contributed by atoms with E-state index >= 15 is 0 Å². The second-order valence-corrected chi connectivity index (χ2v) is 12.6. The van der Waals surface area contributed by atoms with Crippen molar-refractivity contribution in [3.63, 3.8) is 0 Å². The first-order valence-electron chi connectivity index (χ1n) is 8.12. The normalized spacial score (nSPS) is 13.8. The Morgan fingerprint density at radius 3 is 2.52 bits per heavy atom. The van der Waals surface area contributed by atoms with Gasteiger partial charge in [-0.1, -0.05) is 26.6 Å². The molecular weight excluding hydrogens is 355 g/mol. The molecule has 0 aliphatic rings. The lowest BCUT2D eigenvalue weighted by Gasteiger charge is -2.20. The van der Waals surface area contributed by atoms with Crippen LogP contribution in [0.15, 0.2) is 11.0 Å². The third-order valence-corrected chi connectivity index (χ3v) is 5.31. The number of ether oxygens (including phenoxy) is 1. The summed E-state index contributed by atoms with van der Waals surface area (Å²) in [5, 5.41) is 15.4. The van der Waals surface area contributed by atoms with Crippen LogP contribution in [0.4, 0.5) is 18.9 Å². The summed E-state index contributed by atoms with van der Waals surface area (Å²) < 4.78 is 45.9. The number of hydrogen-bond acceptors (Lipinski definition) is 5. The van der Waals surface area contributed by atoms with Gasteiger partial charge in [-0.2, -0.15) is 18.3 Å². The fourth-order valence-electron chi connectivity index (χ4n) is 1.99. The molecule has 0 amide bonds. The zero-order valence-electron chi connectivity index (χ0n) is 15.0. The van der Waals surface area contributed by atoms with Crippen molar-refractivity contribution in [2.75, 3.05) is 18.5 Å². The average Bonchev–Trinajstić information content (AvgIpc) is 2.48. The van der Waals surface area contributed by atoms with Crippen LogP contribution in [-0.2, 0) is 17.6 Å². The van der Waals surface area contributed by atoms with Gasteiger partial charge in [-0.15, -0.1) is 0 Å². The Kier molecular flexibility index (Phi) is 7.63. The van der Waals surface area contributed by atoms with Gasteiger partial charge in [0, 0.05) is 20.7 Å². The van der Waals surface area contributed by atoms with E-state index in [0.717, 1.165) is 12.2 Å². The van der Waals surface area contributed by atoms with Gasteiger partial charge >= 0.3 is 6.18 Å². The smallest absolute Gasteiger partial charge is 0.394 e. The Morgan fingerprint density at radius 2 is 2.04 bits per heavy atom. The fraction of sp³-hybridized carbons (Fsp3) is 0.733. The highest BCUT2D eigenvalue weighted by molar-refractivity contribution is 6.76. The van der Waals surface area contributed by atoms with Crippen LogP contribution in [0.2, 0.25) is 25.7 Å². The molecule has 0 fully saturated rings. The van der Waals surface area contributed by atoms with Crippen LogP contribution in [0.3, 0.4) is 0 Å². The summed E-state index contributed by atoms with van der Waals surface area (Å²) in [6, 6.07) is 0.244. The molecule has 0 unspecified atom stereocenters. The van der Waals surface area contributed by atoms with Crippen molar-refractivity contribution < 1.29 is 23.0 Å². The molecule has 1 rings (SSSR count). The number of anilines is 1. The first-order chi connectivity index (χ1) is 11.5. The standard InChI is InChI=1S/C15H26F3N3O3Si/c1-5-11(9-22)20-12-8-19-21(10-24-6-7-25(2,3)4)14(23)13(12)15(16,17)18/h8,11,20,22H,5-7,9-10H2,1-4H3/t11-/m0/s1. The Labute approximate surface area is 146 Å². The minimum atomic E-state index is -4.84. The largest absolute Gasteiger partial charge is 0.423 e. The molecule has 25 heavy (non-hydrogen) atoms. The topological polar surface area (TPSA) is 76.4 Å². The van der Waals surface area contributed by atoms with E-state index in [0.29, 0.717) is 17.7 Å². The van der Waals surface area contributed by atoms with Crippen LogP contribution in [0.25, 0.3) is 0 Å². The zero-order valence-corrected chi connectivity index (χ0v) is 16.0. The molecule has 0 aliphatic carbocycles. The highest BCUT2D eigenvalue weighted by atomic mass is 28.3. The highest BCUT2D eigenvalue weighted by Crippen LogP contribution is 2.32. The predicted octanol–water partition coefficient (Wildman–Crippen LogP) is 2.76. The van der Waals surface area contributed by atoms with E-state index in [4.69, 9.17) is 9.84 Å². The maximum absolute atomic E-state index is 13.3. The number of rotatable bonds is 9. The van der Waals surface area contributed by atoms with Gasteiger partial charge in [-0.25, -0.2) is 4.68 Å². The van der Waals surface area contributed by atoms with Crippen LogP contribution in [0.5, 0.6) is 0 Å². The molecule has 2 N–H and O–H groups in total. The van der Waals surface area contributed by atoms with Gasteiger partial charge in [0.05, 0.1) is 18.5 Å². The van der Waals surface area contributed by atoms with Crippen molar-refractivity contribution in [1.29, 1.82) is 0 Å².